The zero-order chi connectivity index (χ0) is 16.4. The molecular weight excluding hydrogens is 356 g/mol. The van der Waals surface area contributed by atoms with E-state index in [1.165, 1.54) is 7.11 Å². The maximum Gasteiger partial charge on any atom is 0.338 e. The highest BCUT2D eigenvalue weighted by Gasteiger charge is 2.16. The lowest BCUT2D eigenvalue weighted by molar-refractivity contribution is 0.0601. The Morgan fingerprint density at radius 2 is 1.61 bits per heavy atom. The Hall–Kier alpha value is -2.33. The van der Waals surface area contributed by atoms with Crippen LogP contribution in [0.5, 0.6) is 5.75 Å². The molecule has 3 rings (SSSR count). The van der Waals surface area contributed by atoms with Gasteiger partial charge in [0.15, 0.2) is 0 Å². The summed E-state index contributed by atoms with van der Waals surface area (Å²) in [5, 5.41) is 2.03. The van der Waals surface area contributed by atoms with E-state index in [9.17, 15) is 4.79 Å². The Kier molecular flexibility index (Phi) is 4.35. The van der Waals surface area contributed by atoms with Crippen molar-refractivity contribution in [2.24, 2.45) is 0 Å². The van der Waals surface area contributed by atoms with Crippen molar-refractivity contribution in [1.29, 1.82) is 0 Å². The molecule has 0 N–H and O–H groups in total. The number of benzene rings is 3. The standard InChI is InChI=1S/C19H15BrO3/c1-22-18-10-9-14(13-5-3-4-6-16(13)18)15-8-7-12(20)11-17(15)19(21)23-2/h3-11H,1-2H3. The average molecular weight is 371 g/mol. The van der Waals surface area contributed by atoms with E-state index >= 15 is 0 Å². The van der Waals surface area contributed by atoms with Gasteiger partial charge in [0.05, 0.1) is 19.8 Å². The molecule has 0 amide bonds. The highest BCUT2D eigenvalue weighted by Crippen LogP contribution is 2.36. The largest absolute Gasteiger partial charge is 0.496 e. The van der Waals surface area contributed by atoms with E-state index in [1.807, 2.05) is 48.5 Å². The topological polar surface area (TPSA) is 35.5 Å². The molecule has 0 unspecified atom stereocenters. The van der Waals surface area contributed by atoms with E-state index in [-0.39, 0.29) is 5.97 Å². The van der Waals surface area contributed by atoms with Crippen LogP contribution in [0.4, 0.5) is 0 Å². The molecule has 0 aliphatic rings. The second kappa shape index (κ2) is 6.42. The van der Waals surface area contributed by atoms with E-state index in [0.717, 1.165) is 32.1 Å². The summed E-state index contributed by atoms with van der Waals surface area (Å²) in [7, 11) is 3.04. The third-order valence-corrected chi connectivity index (χ3v) is 4.27. The maximum atomic E-state index is 12.2. The minimum atomic E-state index is -0.360. The van der Waals surface area contributed by atoms with Gasteiger partial charge in [-0.2, -0.15) is 0 Å². The number of hydrogen-bond acceptors (Lipinski definition) is 3. The molecule has 0 fully saturated rings. The van der Waals surface area contributed by atoms with Gasteiger partial charge in [-0.15, -0.1) is 0 Å². The van der Waals surface area contributed by atoms with Gasteiger partial charge in [0.2, 0.25) is 0 Å². The molecule has 116 valence electrons. The lowest BCUT2D eigenvalue weighted by atomic mass is 9.94. The molecule has 0 aliphatic heterocycles. The normalized spacial score (nSPS) is 10.6. The Morgan fingerprint density at radius 1 is 0.913 bits per heavy atom. The maximum absolute atomic E-state index is 12.2. The van der Waals surface area contributed by atoms with E-state index < -0.39 is 0 Å². The van der Waals surface area contributed by atoms with Gasteiger partial charge in [-0.25, -0.2) is 4.79 Å². The number of esters is 1. The molecule has 3 aromatic rings. The van der Waals surface area contributed by atoms with Crippen LogP contribution in [-0.4, -0.2) is 20.2 Å². The molecule has 0 atom stereocenters. The molecule has 0 spiro atoms. The number of carbonyl (C=O) groups excluding carboxylic acids is 1. The van der Waals surface area contributed by atoms with Crippen molar-refractivity contribution < 1.29 is 14.3 Å². The molecule has 0 aromatic heterocycles. The van der Waals surface area contributed by atoms with Crippen LogP contribution in [0.3, 0.4) is 0 Å². The van der Waals surface area contributed by atoms with Crippen molar-refractivity contribution in [2.45, 2.75) is 0 Å². The summed E-state index contributed by atoms with van der Waals surface area (Å²) in [5.74, 6) is 0.447. The molecule has 0 bridgehead atoms. The van der Waals surface area contributed by atoms with Crippen LogP contribution in [0.1, 0.15) is 10.4 Å². The summed E-state index contributed by atoms with van der Waals surface area (Å²) >= 11 is 3.41. The molecular formula is C19H15BrO3. The van der Waals surface area contributed by atoms with Gasteiger partial charge >= 0.3 is 5.97 Å². The lowest BCUT2D eigenvalue weighted by Gasteiger charge is -2.13. The van der Waals surface area contributed by atoms with Crippen molar-refractivity contribution in [2.75, 3.05) is 14.2 Å². The Morgan fingerprint density at radius 3 is 2.30 bits per heavy atom. The molecule has 3 nitrogen and oxygen atoms in total. The van der Waals surface area contributed by atoms with E-state index in [4.69, 9.17) is 9.47 Å². The third kappa shape index (κ3) is 2.82. The minimum absolute atomic E-state index is 0.360. The first-order chi connectivity index (χ1) is 11.2. The Balaban J connectivity index is 2.32. The number of rotatable bonds is 3. The highest BCUT2D eigenvalue weighted by atomic mass is 79.9. The first-order valence-electron chi connectivity index (χ1n) is 7.09. The van der Waals surface area contributed by atoms with Crippen LogP contribution in [-0.2, 0) is 4.74 Å². The van der Waals surface area contributed by atoms with Gasteiger partial charge in [-0.1, -0.05) is 52.3 Å². The first kappa shape index (κ1) is 15.6. The summed E-state index contributed by atoms with van der Waals surface area (Å²) in [6, 6.07) is 17.5. The zero-order valence-electron chi connectivity index (χ0n) is 12.8. The second-order valence-electron chi connectivity index (χ2n) is 5.04. The smallest absolute Gasteiger partial charge is 0.338 e. The minimum Gasteiger partial charge on any atom is -0.496 e. The third-order valence-electron chi connectivity index (χ3n) is 3.78. The fourth-order valence-electron chi connectivity index (χ4n) is 2.71. The predicted molar refractivity (Wildman–Crippen MR) is 95.0 cm³/mol. The fraction of sp³-hybridized carbons (Fsp3) is 0.105. The van der Waals surface area contributed by atoms with Crippen LogP contribution >= 0.6 is 15.9 Å². The van der Waals surface area contributed by atoms with Gasteiger partial charge in [0, 0.05) is 9.86 Å². The zero-order valence-corrected chi connectivity index (χ0v) is 14.4. The summed E-state index contributed by atoms with van der Waals surface area (Å²) < 4.78 is 11.2. The summed E-state index contributed by atoms with van der Waals surface area (Å²) in [6.45, 7) is 0. The van der Waals surface area contributed by atoms with Crippen molar-refractivity contribution >= 4 is 32.7 Å². The van der Waals surface area contributed by atoms with Crippen molar-refractivity contribution in [1.82, 2.24) is 0 Å². The Bertz CT molecular complexity index is 887. The molecule has 0 aliphatic carbocycles. The van der Waals surface area contributed by atoms with Crippen molar-refractivity contribution in [3.8, 4) is 16.9 Å². The van der Waals surface area contributed by atoms with Crippen LogP contribution in [0.15, 0.2) is 59.1 Å². The number of methoxy groups -OCH3 is 2. The van der Waals surface area contributed by atoms with Gasteiger partial charge in [0.1, 0.15) is 5.75 Å². The summed E-state index contributed by atoms with van der Waals surface area (Å²) in [4.78, 5) is 12.2. The summed E-state index contributed by atoms with van der Waals surface area (Å²) in [6.07, 6.45) is 0. The monoisotopic (exact) mass is 370 g/mol. The van der Waals surface area contributed by atoms with Gasteiger partial charge < -0.3 is 9.47 Å². The van der Waals surface area contributed by atoms with E-state index in [2.05, 4.69) is 15.9 Å². The molecule has 3 aromatic carbocycles. The van der Waals surface area contributed by atoms with Crippen LogP contribution in [0.25, 0.3) is 21.9 Å². The van der Waals surface area contributed by atoms with Crippen molar-refractivity contribution in [3.05, 3.63) is 64.6 Å². The molecule has 23 heavy (non-hydrogen) atoms. The van der Waals surface area contributed by atoms with Gasteiger partial charge in [-0.05, 0) is 34.7 Å². The molecule has 0 saturated carbocycles. The van der Waals surface area contributed by atoms with E-state index in [0.29, 0.717) is 5.56 Å². The number of halogens is 1. The second-order valence-corrected chi connectivity index (χ2v) is 5.96. The number of carbonyl (C=O) groups is 1. The van der Waals surface area contributed by atoms with Crippen LogP contribution in [0.2, 0.25) is 0 Å². The van der Waals surface area contributed by atoms with E-state index in [1.54, 1.807) is 13.2 Å². The lowest BCUT2D eigenvalue weighted by Crippen LogP contribution is -2.04. The molecule has 0 saturated heterocycles. The predicted octanol–water partition coefficient (Wildman–Crippen LogP) is 5.06. The Labute approximate surface area is 143 Å². The highest BCUT2D eigenvalue weighted by molar-refractivity contribution is 9.10. The number of ether oxygens (including phenoxy) is 2. The average Bonchev–Trinajstić information content (AvgIpc) is 2.60. The SMILES string of the molecule is COC(=O)c1cc(Br)ccc1-c1ccc(OC)c2ccccc12. The number of fused-ring (bicyclic) bond motifs is 1. The fourth-order valence-corrected chi connectivity index (χ4v) is 3.08. The molecule has 0 radical (unpaired) electrons. The molecule has 0 heterocycles. The summed E-state index contributed by atoms with van der Waals surface area (Å²) in [5.41, 5.74) is 2.32. The molecule has 4 heteroatoms. The quantitative estimate of drug-likeness (QED) is 0.604. The van der Waals surface area contributed by atoms with Gasteiger partial charge in [0.25, 0.3) is 0 Å². The first-order valence-corrected chi connectivity index (χ1v) is 7.89. The van der Waals surface area contributed by atoms with Crippen LogP contribution < -0.4 is 4.74 Å². The number of hydrogen-bond donors (Lipinski definition) is 0. The van der Waals surface area contributed by atoms with Crippen molar-refractivity contribution in [3.63, 3.8) is 0 Å². The van der Waals surface area contributed by atoms with Gasteiger partial charge in [-0.3, -0.25) is 0 Å². The van der Waals surface area contributed by atoms with Crippen LogP contribution in [0, 0.1) is 0 Å².